The van der Waals surface area contributed by atoms with Crippen molar-refractivity contribution in [2.45, 2.75) is 84.2 Å². The molecule has 0 unspecified atom stereocenters. The number of hydrogen-bond donors (Lipinski definition) is 1. The van der Waals surface area contributed by atoms with Crippen LogP contribution in [0.25, 0.3) is 0 Å². The molecular weight excluding hydrogens is 314 g/mol. The molecule has 0 saturated carbocycles. The first-order valence-electron chi connectivity index (χ1n) is 8.27. The summed E-state index contributed by atoms with van der Waals surface area (Å²) in [5.74, 6) is 0. The van der Waals surface area contributed by atoms with Gasteiger partial charge in [0.1, 0.15) is 16.8 Å². The lowest BCUT2D eigenvalue weighted by molar-refractivity contribution is -0.0982. The largest absolute Gasteiger partial charge is 0.509 e. The summed E-state index contributed by atoms with van der Waals surface area (Å²) in [5, 5.41) is 9.53. The summed E-state index contributed by atoms with van der Waals surface area (Å²) in [4.78, 5) is 25.8. The summed E-state index contributed by atoms with van der Waals surface area (Å²) in [6.07, 6.45) is -0.261. The van der Waals surface area contributed by atoms with Crippen LogP contribution in [0.2, 0.25) is 0 Å². The van der Waals surface area contributed by atoms with Crippen LogP contribution in [0, 0.1) is 0 Å². The highest BCUT2D eigenvalue weighted by molar-refractivity contribution is 5.69. The van der Waals surface area contributed by atoms with Gasteiger partial charge >= 0.3 is 12.2 Å². The highest BCUT2D eigenvalue weighted by Crippen LogP contribution is 2.30. The topological polar surface area (TPSA) is 85.3 Å². The van der Waals surface area contributed by atoms with Crippen LogP contribution in [0.5, 0.6) is 0 Å². The molecule has 0 radical (unpaired) electrons. The van der Waals surface area contributed by atoms with E-state index >= 15 is 0 Å². The van der Waals surface area contributed by atoms with Crippen molar-refractivity contribution in [2.24, 2.45) is 0 Å². The molecule has 1 saturated heterocycles. The Kier molecular flexibility index (Phi) is 6.14. The minimum absolute atomic E-state index is 0.145. The third-order valence-electron chi connectivity index (χ3n) is 3.51. The molecule has 1 N–H and O–H groups in total. The number of carbonyl (C=O) groups is 2. The van der Waals surface area contributed by atoms with E-state index in [2.05, 4.69) is 0 Å². The van der Waals surface area contributed by atoms with Gasteiger partial charge in [-0.25, -0.2) is 9.59 Å². The molecule has 0 spiro atoms. The molecule has 0 aromatic carbocycles. The van der Waals surface area contributed by atoms with E-state index in [1.54, 1.807) is 48.5 Å². The van der Waals surface area contributed by atoms with Gasteiger partial charge in [0.05, 0.1) is 19.2 Å². The highest BCUT2D eigenvalue weighted by atomic mass is 16.7. The molecule has 1 fully saturated rings. The van der Waals surface area contributed by atoms with Crippen molar-refractivity contribution in [2.75, 3.05) is 13.2 Å². The fraction of sp³-hybridized carbons (Fsp3) is 0.882. The van der Waals surface area contributed by atoms with Crippen molar-refractivity contribution in [3.8, 4) is 0 Å². The van der Waals surface area contributed by atoms with Crippen molar-refractivity contribution in [3.63, 3.8) is 0 Å². The first-order valence-corrected chi connectivity index (χ1v) is 8.27. The maximum Gasteiger partial charge on any atom is 0.509 e. The molecule has 0 aliphatic carbocycles. The second-order valence-corrected chi connectivity index (χ2v) is 8.50. The minimum atomic E-state index is -0.884. The number of likely N-dealkylation sites (tertiary alicyclic amines) is 1. The lowest BCUT2D eigenvalue weighted by atomic mass is 9.90. The van der Waals surface area contributed by atoms with Gasteiger partial charge in [-0.2, -0.15) is 0 Å². The molecule has 0 aromatic rings. The Hall–Kier alpha value is -1.50. The summed E-state index contributed by atoms with van der Waals surface area (Å²) in [6, 6.07) is -0.352. The summed E-state index contributed by atoms with van der Waals surface area (Å²) >= 11 is 0. The van der Waals surface area contributed by atoms with Crippen LogP contribution < -0.4 is 0 Å². The molecule has 1 rings (SSSR count). The summed E-state index contributed by atoms with van der Waals surface area (Å²) in [7, 11) is 0. The predicted octanol–water partition coefficient (Wildman–Crippen LogP) is 3.09. The maximum absolute atomic E-state index is 12.4. The van der Waals surface area contributed by atoms with Gasteiger partial charge in [-0.05, 0) is 61.3 Å². The molecule has 24 heavy (non-hydrogen) atoms. The number of ether oxygens (including phenoxy) is 3. The number of rotatable bonds is 2. The van der Waals surface area contributed by atoms with Gasteiger partial charge in [-0.15, -0.1) is 0 Å². The number of aliphatic hydroxyl groups excluding tert-OH is 1. The maximum atomic E-state index is 12.4. The number of aliphatic hydroxyl groups is 1. The highest BCUT2D eigenvalue weighted by Gasteiger charge is 2.43. The molecule has 1 aliphatic rings. The van der Waals surface area contributed by atoms with Gasteiger partial charge in [0.15, 0.2) is 0 Å². The molecule has 0 bridgehead atoms. The van der Waals surface area contributed by atoms with Gasteiger partial charge in [0.25, 0.3) is 0 Å². The van der Waals surface area contributed by atoms with Gasteiger partial charge in [0, 0.05) is 0 Å². The Labute approximate surface area is 144 Å². The van der Waals surface area contributed by atoms with Crippen LogP contribution >= 0.6 is 0 Å². The first kappa shape index (κ1) is 20.5. The Morgan fingerprint density at radius 3 is 2.12 bits per heavy atom. The standard InChI is InChI=1S/C17H31NO6/c1-15(2,3)22-13(20)18-11-17(7,9-8-12(18)10-19)24-14(21)23-16(4,5)6/h12,19H,8-11H2,1-7H3/t12-,17-/m1/s1. The lowest BCUT2D eigenvalue weighted by Gasteiger charge is -2.44. The molecule has 0 aromatic heterocycles. The van der Waals surface area contributed by atoms with Crippen molar-refractivity contribution < 1.29 is 28.9 Å². The zero-order valence-electron chi connectivity index (χ0n) is 15.8. The van der Waals surface area contributed by atoms with Crippen molar-refractivity contribution in [3.05, 3.63) is 0 Å². The average molecular weight is 345 g/mol. The van der Waals surface area contributed by atoms with Crippen molar-refractivity contribution in [1.29, 1.82) is 0 Å². The molecule has 7 nitrogen and oxygen atoms in total. The van der Waals surface area contributed by atoms with Crippen molar-refractivity contribution in [1.82, 2.24) is 4.90 Å². The molecule has 1 aliphatic heterocycles. The monoisotopic (exact) mass is 345 g/mol. The molecular formula is C17H31NO6. The van der Waals surface area contributed by atoms with Crippen LogP contribution in [-0.2, 0) is 14.2 Å². The summed E-state index contributed by atoms with van der Waals surface area (Å²) in [5.41, 5.74) is -2.18. The first-order chi connectivity index (χ1) is 10.7. The molecule has 1 heterocycles. The van der Waals surface area contributed by atoms with E-state index in [0.29, 0.717) is 12.8 Å². The number of carbonyl (C=O) groups excluding carboxylic acids is 2. The third-order valence-corrected chi connectivity index (χ3v) is 3.51. The molecule has 2 atom stereocenters. The van der Waals surface area contributed by atoms with E-state index in [4.69, 9.17) is 14.2 Å². The Balaban J connectivity index is 2.81. The van der Waals surface area contributed by atoms with E-state index in [9.17, 15) is 14.7 Å². The second-order valence-electron chi connectivity index (χ2n) is 8.50. The summed E-state index contributed by atoms with van der Waals surface area (Å²) < 4.78 is 16.0. The Morgan fingerprint density at radius 2 is 1.67 bits per heavy atom. The second kappa shape index (κ2) is 7.17. The van der Waals surface area contributed by atoms with Gasteiger partial charge < -0.3 is 19.3 Å². The lowest BCUT2D eigenvalue weighted by Crippen LogP contribution is -2.57. The van der Waals surface area contributed by atoms with Crippen LogP contribution in [0.15, 0.2) is 0 Å². The van der Waals surface area contributed by atoms with Crippen LogP contribution in [0.4, 0.5) is 9.59 Å². The third kappa shape index (κ3) is 6.55. The van der Waals surface area contributed by atoms with Crippen LogP contribution in [0.3, 0.4) is 0 Å². The number of piperidine rings is 1. The smallest absolute Gasteiger partial charge is 0.444 e. The normalized spacial score (nSPS) is 25.2. The van der Waals surface area contributed by atoms with Crippen LogP contribution in [0.1, 0.15) is 61.3 Å². The number of nitrogens with zero attached hydrogens (tertiary/aromatic N) is 1. The van der Waals surface area contributed by atoms with Gasteiger partial charge in [-0.1, -0.05) is 0 Å². The quantitative estimate of drug-likeness (QED) is 0.774. The number of hydrogen-bond acceptors (Lipinski definition) is 6. The summed E-state index contributed by atoms with van der Waals surface area (Å²) in [6.45, 7) is 12.3. The molecule has 1 amide bonds. The van der Waals surface area contributed by atoms with Crippen LogP contribution in [-0.4, -0.2) is 58.3 Å². The van der Waals surface area contributed by atoms with Crippen molar-refractivity contribution >= 4 is 12.2 Å². The van der Waals surface area contributed by atoms with Gasteiger partial charge in [-0.3, -0.25) is 4.90 Å². The Morgan fingerprint density at radius 1 is 1.12 bits per heavy atom. The minimum Gasteiger partial charge on any atom is -0.444 e. The Bertz CT molecular complexity index is 465. The van der Waals surface area contributed by atoms with E-state index < -0.39 is 29.1 Å². The number of amides is 1. The predicted molar refractivity (Wildman–Crippen MR) is 88.8 cm³/mol. The van der Waals surface area contributed by atoms with E-state index in [1.165, 1.54) is 4.90 Å². The molecule has 140 valence electrons. The SMILES string of the molecule is CC(C)(C)OC(=O)O[C@]1(C)CC[C@H](CO)N(C(=O)OC(C)(C)C)C1. The fourth-order valence-corrected chi connectivity index (χ4v) is 2.48. The van der Waals surface area contributed by atoms with Gasteiger partial charge in [0.2, 0.25) is 0 Å². The zero-order valence-corrected chi connectivity index (χ0v) is 15.8. The molecule has 7 heteroatoms. The van der Waals surface area contributed by atoms with E-state index in [0.717, 1.165) is 0 Å². The zero-order chi connectivity index (χ0) is 18.8. The van der Waals surface area contributed by atoms with E-state index in [1.807, 2.05) is 0 Å². The fourth-order valence-electron chi connectivity index (χ4n) is 2.48. The van der Waals surface area contributed by atoms with E-state index in [-0.39, 0.29) is 19.2 Å². The average Bonchev–Trinajstić information content (AvgIpc) is 2.33.